The van der Waals surface area contributed by atoms with Gasteiger partial charge in [-0.3, -0.25) is 39.4 Å². The highest BCUT2D eigenvalue weighted by Crippen LogP contribution is 2.39. The molecule has 268 valence electrons. The number of halogens is 1. The fraction of sp³-hybridized carbons (Fsp3) is 0.265. The van der Waals surface area contributed by atoms with Gasteiger partial charge in [0.1, 0.15) is 22.6 Å². The van der Waals surface area contributed by atoms with Crippen molar-refractivity contribution in [3.63, 3.8) is 0 Å². The average Bonchev–Trinajstić information content (AvgIpc) is 3.72. The maximum absolute atomic E-state index is 13.4. The lowest BCUT2D eigenvalue weighted by molar-refractivity contribution is -0.380. The van der Waals surface area contributed by atoms with E-state index in [1.54, 1.807) is 23.5 Å². The number of hydrogen-bond acceptors (Lipinski definition) is 12. The van der Waals surface area contributed by atoms with Crippen LogP contribution in [0.3, 0.4) is 0 Å². The van der Waals surface area contributed by atoms with Crippen molar-refractivity contribution >= 4 is 79.2 Å². The van der Waals surface area contributed by atoms with Gasteiger partial charge in [-0.25, -0.2) is 4.98 Å². The van der Waals surface area contributed by atoms with Crippen LogP contribution in [0.5, 0.6) is 0 Å². The predicted molar refractivity (Wildman–Crippen MR) is 202 cm³/mol. The predicted octanol–water partition coefficient (Wildman–Crippen LogP) is 6.30. The van der Waals surface area contributed by atoms with E-state index in [1.807, 2.05) is 35.8 Å². The first-order valence-corrected chi connectivity index (χ1v) is 18.0. The van der Waals surface area contributed by atoms with Crippen molar-refractivity contribution in [2.24, 2.45) is 4.99 Å². The topological polar surface area (TPSA) is 198 Å². The number of fused-ring (bicyclic) bond motifs is 3. The smallest absolute Gasteiger partial charge is 0.348 e. The third kappa shape index (κ3) is 7.56. The number of anilines is 3. The second kappa shape index (κ2) is 15.0. The summed E-state index contributed by atoms with van der Waals surface area (Å²) in [5, 5.41) is 32.8. The molecule has 1 atom stereocenters. The van der Waals surface area contributed by atoms with Crippen LogP contribution in [0.25, 0.3) is 5.00 Å². The second-order valence-corrected chi connectivity index (χ2v) is 14.6. The largest absolute Gasteiger partial charge is 0.383 e. The molecule has 3 amide bonds. The number of aryl methyl sites for hydroxylation is 3. The van der Waals surface area contributed by atoms with Crippen molar-refractivity contribution < 1.29 is 19.3 Å². The summed E-state index contributed by atoms with van der Waals surface area (Å²) in [6.07, 6.45) is 0.0282. The number of hydrogen-bond donors (Lipinski definition) is 4. The zero-order valence-electron chi connectivity index (χ0n) is 28.7. The minimum Gasteiger partial charge on any atom is -0.383 e. The molecule has 18 heteroatoms. The molecule has 3 aromatic heterocycles. The lowest BCUT2D eigenvalue weighted by atomic mass is 9.99. The number of carbonyl (C=O) groups is 3. The summed E-state index contributed by atoms with van der Waals surface area (Å²) < 4.78 is 1.99. The summed E-state index contributed by atoms with van der Waals surface area (Å²) in [4.78, 5) is 59.3. The highest BCUT2D eigenvalue weighted by Gasteiger charge is 2.32. The molecule has 5 aromatic rings. The zero-order chi connectivity index (χ0) is 37.3. The van der Waals surface area contributed by atoms with Crippen LogP contribution >= 0.6 is 34.3 Å². The van der Waals surface area contributed by atoms with E-state index in [-0.39, 0.29) is 46.0 Å². The Bertz CT molecular complexity index is 2260. The molecule has 0 aliphatic carbocycles. The molecule has 2 aromatic carbocycles. The highest BCUT2D eigenvalue weighted by molar-refractivity contribution is 7.19. The van der Waals surface area contributed by atoms with E-state index in [9.17, 15) is 24.5 Å². The number of amides is 3. The van der Waals surface area contributed by atoms with Gasteiger partial charge in [0, 0.05) is 46.7 Å². The number of thiophene rings is 1. The average molecular weight is 761 g/mol. The van der Waals surface area contributed by atoms with Gasteiger partial charge in [0.25, 0.3) is 5.91 Å². The molecular weight excluding hydrogens is 728 g/mol. The van der Waals surface area contributed by atoms with Crippen LogP contribution in [0.4, 0.5) is 21.5 Å². The molecule has 0 saturated heterocycles. The van der Waals surface area contributed by atoms with Gasteiger partial charge in [0.05, 0.1) is 28.3 Å². The Labute approximate surface area is 310 Å². The molecule has 0 bridgehead atoms. The number of nitrogens with zero attached hydrogens (tertiary/aromatic N) is 6. The van der Waals surface area contributed by atoms with Crippen molar-refractivity contribution in [2.75, 3.05) is 29.0 Å². The molecule has 52 heavy (non-hydrogen) atoms. The Morgan fingerprint density at radius 1 is 1.00 bits per heavy atom. The van der Waals surface area contributed by atoms with Crippen molar-refractivity contribution in [1.29, 1.82) is 0 Å². The van der Waals surface area contributed by atoms with E-state index in [1.165, 1.54) is 19.9 Å². The third-order valence-corrected chi connectivity index (χ3v) is 10.7. The summed E-state index contributed by atoms with van der Waals surface area (Å²) in [5.74, 6) is 0.0445. The lowest BCUT2D eigenvalue weighted by Gasteiger charge is -2.15. The fourth-order valence-electron chi connectivity index (χ4n) is 5.71. The first-order valence-electron chi connectivity index (χ1n) is 16.0. The van der Waals surface area contributed by atoms with Crippen LogP contribution in [0, 0.1) is 37.8 Å². The van der Waals surface area contributed by atoms with Gasteiger partial charge in [-0.1, -0.05) is 23.7 Å². The number of aliphatic imine (C=N–C) groups is 1. The van der Waals surface area contributed by atoms with Crippen molar-refractivity contribution in [3.05, 3.63) is 102 Å². The number of benzene rings is 2. The number of nitrogens with one attached hydrogen (secondary N) is 4. The van der Waals surface area contributed by atoms with E-state index in [0.29, 0.717) is 28.9 Å². The summed E-state index contributed by atoms with van der Waals surface area (Å²) in [5.41, 5.74) is 4.83. The normalized spacial score (nSPS) is 13.3. The van der Waals surface area contributed by atoms with Gasteiger partial charge < -0.3 is 16.0 Å². The zero-order valence-corrected chi connectivity index (χ0v) is 31.0. The van der Waals surface area contributed by atoms with Gasteiger partial charge in [-0.2, -0.15) is 0 Å². The molecule has 4 N–H and O–H groups in total. The van der Waals surface area contributed by atoms with Crippen LogP contribution in [-0.2, 0) is 9.59 Å². The SMILES string of the molecule is CC(=O)Nc1cc(NCCNC(=O)C[C@@H]2N=C(c3ccc(Cl)cc3)c3c(sc(C)c3C)-n3c(C)nnc32)ccc1C(=O)Nc1nc(C)c([N+](=O)[O-])s1. The van der Waals surface area contributed by atoms with Crippen molar-refractivity contribution in [1.82, 2.24) is 25.1 Å². The quantitative estimate of drug-likeness (QED) is 0.0678. The van der Waals surface area contributed by atoms with Crippen LogP contribution in [0.2, 0.25) is 5.02 Å². The summed E-state index contributed by atoms with van der Waals surface area (Å²) in [6.45, 7) is 9.40. The van der Waals surface area contributed by atoms with Crippen LogP contribution < -0.4 is 21.3 Å². The van der Waals surface area contributed by atoms with Gasteiger partial charge in [0.2, 0.25) is 11.8 Å². The minimum atomic E-state index is -0.613. The fourth-order valence-corrected chi connectivity index (χ4v) is 7.83. The maximum Gasteiger partial charge on any atom is 0.348 e. The first-order chi connectivity index (χ1) is 24.8. The van der Waals surface area contributed by atoms with Gasteiger partial charge in [-0.05, 0) is 74.9 Å². The second-order valence-electron chi connectivity index (χ2n) is 11.9. The molecular formula is C34H33ClN10O5S2. The van der Waals surface area contributed by atoms with E-state index < -0.39 is 22.8 Å². The van der Waals surface area contributed by atoms with Gasteiger partial charge in [0.15, 0.2) is 11.0 Å². The molecule has 6 rings (SSSR count). The van der Waals surface area contributed by atoms with Crippen LogP contribution in [0.15, 0.2) is 47.5 Å². The van der Waals surface area contributed by atoms with Gasteiger partial charge in [-0.15, -0.1) is 21.5 Å². The number of rotatable bonds is 11. The molecule has 15 nitrogen and oxygen atoms in total. The number of thiazole rings is 1. The Balaban J connectivity index is 1.14. The molecule has 1 aliphatic heterocycles. The first kappa shape index (κ1) is 36.3. The molecule has 0 radical (unpaired) electrons. The van der Waals surface area contributed by atoms with Crippen LogP contribution in [0.1, 0.15) is 68.7 Å². The maximum atomic E-state index is 13.4. The standard InChI is InChI=1S/C34H33ClN10O5S2/c1-16-18(3)51-33-28(16)29(21-6-8-22(35)9-7-21)40-26(30-43-42-19(4)44(30)33)15-27(47)37-13-12-36-23-10-11-24(25(14-23)39-20(5)46)31(48)41-34-38-17(2)32(52-34)45(49)50/h6-11,14,26,36H,12-13,15H2,1-5H3,(H,37,47)(H,39,46)(H,38,41,48)/t26-/m0/s1. The summed E-state index contributed by atoms with van der Waals surface area (Å²) in [7, 11) is 0. The molecule has 0 unspecified atom stereocenters. The van der Waals surface area contributed by atoms with Crippen molar-refractivity contribution in [3.8, 4) is 5.00 Å². The molecule has 0 fully saturated rings. The van der Waals surface area contributed by atoms with E-state index in [2.05, 4.69) is 50.3 Å². The van der Waals surface area contributed by atoms with Gasteiger partial charge >= 0.3 is 5.00 Å². The Hall–Kier alpha value is -5.52. The molecule has 1 aliphatic rings. The number of nitro groups is 1. The van der Waals surface area contributed by atoms with Crippen molar-refractivity contribution in [2.45, 2.75) is 47.1 Å². The minimum absolute atomic E-state index is 0.0282. The lowest BCUT2D eigenvalue weighted by Crippen LogP contribution is -2.30. The molecule has 0 saturated carbocycles. The van der Waals surface area contributed by atoms with E-state index >= 15 is 0 Å². The number of aromatic nitrogens is 4. The van der Waals surface area contributed by atoms with E-state index in [0.717, 1.165) is 43.6 Å². The van der Waals surface area contributed by atoms with E-state index in [4.69, 9.17) is 16.6 Å². The number of carbonyl (C=O) groups excluding carboxylic acids is 3. The molecule has 4 heterocycles. The summed E-state index contributed by atoms with van der Waals surface area (Å²) >= 11 is 8.59. The third-order valence-electron chi connectivity index (χ3n) is 8.25. The Morgan fingerprint density at radius 3 is 2.44 bits per heavy atom. The monoisotopic (exact) mass is 760 g/mol. The Morgan fingerprint density at radius 2 is 1.75 bits per heavy atom. The molecule has 0 spiro atoms. The van der Waals surface area contributed by atoms with Crippen LogP contribution in [-0.4, -0.2) is 61.2 Å². The highest BCUT2D eigenvalue weighted by atomic mass is 35.5. The Kier molecular flexibility index (Phi) is 10.5. The summed E-state index contributed by atoms with van der Waals surface area (Å²) in [6, 6.07) is 11.6.